The van der Waals surface area contributed by atoms with Crippen molar-refractivity contribution in [2.24, 2.45) is 7.05 Å². The number of pyridine rings is 1. The van der Waals surface area contributed by atoms with Crippen LogP contribution >= 0.6 is 0 Å². The molecule has 28 heavy (non-hydrogen) atoms. The molecular weight excluding hydrogens is 382 g/mol. The predicted molar refractivity (Wildman–Crippen MR) is 105 cm³/mol. The zero-order valence-corrected chi connectivity index (χ0v) is 16.6. The number of benzene rings is 2. The van der Waals surface area contributed by atoms with E-state index < -0.39 is 26.9 Å². The third kappa shape index (κ3) is 2.95. The molecule has 0 aliphatic rings. The molecule has 3 rings (SSSR count). The Labute approximate surface area is 161 Å². The molecule has 0 saturated carbocycles. The lowest BCUT2D eigenvalue weighted by Crippen LogP contribution is -2.25. The number of hydrogen-bond acceptors (Lipinski definition) is 6. The van der Waals surface area contributed by atoms with Crippen molar-refractivity contribution < 1.29 is 23.1 Å². The molecule has 1 heterocycles. The van der Waals surface area contributed by atoms with Gasteiger partial charge in [-0.3, -0.25) is 9.59 Å². The number of hydrogen-bond donors (Lipinski definition) is 1. The Balaban J connectivity index is 2.31. The van der Waals surface area contributed by atoms with Crippen LogP contribution in [0, 0.1) is 6.92 Å². The van der Waals surface area contributed by atoms with Gasteiger partial charge < -0.3 is 14.4 Å². The van der Waals surface area contributed by atoms with E-state index in [2.05, 4.69) is 0 Å². The summed E-state index contributed by atoms with van der Waals surface area (Å²) in [6.07, 6.45) is 1.04. The number of methoxy groups -OCH3 is 1. The lowest BCUT2D eigenvalue weighted by molar-refractivity contribution is 0.103. The second kappa shape index (κ2) is 6.79. The number of rotatable bonds is 4. The van der Waals surface area contributed by atoms with Crippen LogP contribution in [0.5, 0.6) is 11.5 Å². The molecule has 0 atom stereocenters. The maximum atomic E-state index is 13.2. The van der Waals surface area contributed by atoms with Gasteiger partial charge in [-0.1, -0.05) is 12.1 Å². The van der Waals surface area contributed by atoms with E-state index in [0.717, 1.165) is 6.26 Å². The first-order chi connectivity index (χ1) is 13.1. The van der Waals surface area contributed by atoms with Crippen molar-refractivity contribution >= 4 is 26.5 Å². The van der Waals surface area contributed by atoms with E-state index in [-0.39, 0.29) is 27.3 Å². The summed E-state index contributed by atoms with van der Waals surface area (Å²) in [7, 11) is -0.760. The Morgan fingerprint density at radius 3 is 2.39 bits per heavy atom. The van der Waals surface area contributed by atoms with Crippen LogP contribution in [-0.2, 0) is 16.9 Å². The zero-order valence-electron chi connectivity index (χ0n) is 15.8. The predicted octanol–water partition coefficient (Wildman–Crippen LogP) is 2.20. The van der Waals surface area contributed by atoms with Gasteiger partial charge in [-0.15, -0.1) is 0 Å². The highest BCUT2D eigenvalue weighted by Crippen LogP contribution is 2.33. The molecule has 0 saturated heterocycles. The van der Waals surface area contributed by atoms with Gasteiger partial charge in [-0.05, 0) is 31.2 Å². The number of sulfone groups is 1. The van der Waals surface area contributed by atoms with Crippen molar-refractivity contribution in [2.75, 3.05) is 13.4 Å². The summed E-state index contributed by atoms with van der Waals surface area (Å²) in [5.41, 5.74) is -0.189. The van der Waals surface area contributed by atoms with Crippen molar-refractivity contribution in [1.29, 1.82) is 0 Å². The van der Waals surface area contributed by atoms with Gasteiger partial charge in [-0.25, -0.2) is 8.42 Å². The zero-order chi connectivity index (χ0) is 20.8. The molecule has 0 fully saturated rings. The minimum atomic E-state index is -3.58. The first-order valence-corrected chi connectivity index (χ1v) is 10.2. The van der Waals surface area contributed by atoms with Crippen LogP contribution in [-0.4, -0.2) is 37.2 Å². The van der Waals surface area contributed by atoms with Crippen molar-refractivity contribution in [3.63, 3.8) is 0 Å². The van der Waals surface area contributed by atoms with Gasteiger partial charge in [0.15, 0.2) is 9.84 Å². The molecule has 146 valence electrons. The minimum Gasteiger partial charge on any atom is -0.506 e. The molecule has 1 aromatic heterocycles. The topological polar surface area (TPSA) is 103 Å². The lowest BCUT2D eigenvalue weighted by atomic mass is 9.97. The Hall–Kier alpha value is -3.13. The number of carbonyl (C=O) groups is 1. The third-order valence-electron chi connectivity index (χ3n) is 4.72. The summed E-state index contributed by atoms with van der Waals surface area (Å²) < 4.78 is 30.4. The number of para-hydroxylation sites is 1. The Bertz CT molecular complexity index is 1290. The van der Waals surface area contributed by atoms with Gasteiger partial charge in [0, 0.05) is 29.8 Å². The number of carbonyl (C=O) groups excluding carboxylic acids is 1. The van der Waals surface area contributed by atoms with E-state index in [0.29, 0.717) is 10.9 Å². The van der Waals surface area contributed by atoms with E-state index in [1.807, 2.05) is 0 Å². The van der Waals surface area contributed by atoms with Crippen molar-refractivity contribution in [3.8, 4) is 11.5 Å². The monoisotopic (exact) mass is 401 g/mol. The molecule has 8 heteroatoms. The third-order valence-corrected chi connectivity index (χ3v) is 5.84. The quantitative estimate of drug-likeness (QED) is 0.673. The molecule has 0 aliphatic carbocycles. The highest BCUT2D eigenvalue weighted by Gasteiger charge is 2.26. The van der Waals surface area contributed by atoms with E-state index in [1.165, 1.54) is 37.8 Å². The molecule has 0 spiro atoms. The van der Waals surface area contributed by atoms with Crippen LogP contribution in [0.25, 0.3) is 10.9 Å². The molecule has 2 aromatic carbocycles. The number of aryl methyl sites for hydroxylation is 1. The van der Waals surface area contributed by atoms with Crippen LogP contribution in [0.3, 0.4) is 0 Å². The highest BCUT2D eigenvalue weighted by atomic mass is 32.2. The SMILES string of the molecule is COc1c(S(C)(=O)=O)ccc(C(=O)c2c(O)c3ccccc3n(C)c2=O)c1C. The maximum absolute atomic E-state index is 13.2. The highest BCUT2D eigenvalue weighted by molar-refractivity contribution is 7.90. The van der Waals surface area contributed by atoms with Gasteiger partial charge in [0.25, 0.3) is 5.56 Å². The number of nitrogens with zero attached hydrogens (tertiary/aromatic N) is 1. The van der Waals surface area contributed by atoms with Gasteiger partial charge >= 0.3 is 0 Å². The van der Waals surface area contributed by atoms with Crippen LogP contribution in [0.4, 0.5) is 0 Å². The Morgan fingerprint density at radius 1 is 1.14 bits per heavy atom. The summed E-state index contributed by atoms with van der Waals surface area (Å²) in [6, 6.07) is 9.28. The molecule has 0 unspecified atom stereocenters. The molecular formula is C20H19NO6S. The van der Waals surface area contributed by atoms with E-state index in [1.54, 1.807) is 24.3 Å². The molecule has 1 N–H and O–H groups in total. The average molecular weight is 401 g/mol. The van der Waals surface area contributed by atoms with Crippen molar-refractivity contribution in [1.82, 2.24) is 4.57 Å². The second-order valence-corrected chi connectivity index (χ2v) is 8.46. The Kier molecular flexibility index (Phi) is 4.76. The fourth-order valence-electron chi connectivity index (χ4n) is 3.28. The Morgan fingerprint density at radius 2 is 1.79 bits per heavy atom. The van der Waals surface area contributed by atoms with E-state index >= 15 is 0 Å². The molecule has 7 nitrogen and oxygen atoms in total. The smallest absolute Gasteiger partial charge is 0.265 e. The van der Waals surface area contributed by atoms with Gasteiger partial charge in [0.05, 0.1) is 12.6 Å². The van der Waals surface area contributed by atoms with Gasteiger partial charge in [0.2, 0.25) is 5.78 Å². The standard InChI is InChI=1S/C20H19NO6S/c1-11-12(9-10-15(19(11)27-3)28(4,25)26)17(22)16-18(23)13-7-5-6-8-14(13)21(2)20(16)24/h5-10,23H,1-4H3. The summed E-state index contributed by atoms with van der Waals surface area (Å²) >= 11 is 0. The lowest BCUT2D eigenvalue weighted by Gasteiger charge is -2.15. The summed E-state index contributed by atoms with van der Waals surface area (Å²) in [5, 5.41) is 11.0. The number of ether oxygens (including phenoxy) is 1. The number of ketones is 1. The van der Waals surface area contributed by atoms with Crippen LogP contribution < -0.4 is 10.3 Å². The van der Waals surface area contributed by atoms with Crippen LogP contribution in [0.1, 0.15) is 21.5 Å². The van der Waals surface area contributed by atoms with Crippen molar-refractivity contribution in [2.45, 2.75) is 11.8 Å². The normalized spacial score (nSPS) is 11.6. The fraction of sp³-hybridized carbons (Fsp3) is 0.200. The maximum Gasteiger partial charge on any atom is 0.265 e. The van der Waals surface area contributed by atoms with Gasteiger partial charge in [0.1, 0.15) is 22.0 Å². The average Bonchev–Trinajstić information content (AvgIpc) is 2.65. The molecule has 0 radical (unpaired) electrons. The summed E-state index contributed by atoms with van der Waals surface area (Å²) in [6.45, 7) is 1.53. The molecule has 0 bridgehead atoms. The summed E-state index contributed by atoms with van der Waals surface area (Å²) in [5.74, 6) is -1.08. The van der Waals surface area contributed by atoms with Crippen LogP contribution in [0.2, 0.25) is 0 Å². The van der Waals surface area contributed by atoms with Gasteiger partial charge in [-0.2, -0.15) is 0 Å². The first-order valence-electron chi connectivity index (χ1n) is 8.32. The molecule has 3 aromatic rings. The fourth-order valence-corrected chi connectivity index (χ4v) is 4.17. The largest absolute Gasteiger partial charge is 0.506 e. The van der Waals surface area contributed by atoms with E-state index in [4.69, 9.17) is 4.74 Å². The number of aromatic nitrogens is 1. The minimum absolute atomic E-state index is 0.0328. The second-order valence-electron chi connectivity index (χ2n) is 6.48. The molecule has 0 amide bonds. The van der Waals surface area contributed by atoms with E-state index in [9.17, 15) is 23.1 Å². The molecule has 0 aliphatic heterocycles. The van der Waals surface area contributed by atoms with Crippen LogP contribution in [0.15, 0.2) is 46.1 Å². The number of fused-ring (bicyclic) bond motifs is 1. The van der Waals surface area contributed by atoms with Crippen molar-refractivity contribution in [3.05, 3.63) is 63.4 Å². The first kappa shape index (κ1) is 19.6. The number of aromatic hydroxyl groups is 1. The summed E-state index contributed by atoms with van der Waals surface area (Å²) in [4.78, 5) is 25.9.